The fraction of sp³-hybridized carbons (Fsp3) is 0.556. The summed E-state index contributed by atoms with van der Waals surface area (Å²) >= 11 is 0. The first-order valence-electron chi connectivity index (χ1n) is 4.51. The standard InChI is InChI=1S/C9H13NO5/c1-2-4-15-9(13)10-3-5-14-6-7(10)8(11)12/h2,7H,1,3-6H2,(H,11,12)/t7-/m1/s1. The molecule has 1 aliphatic rings. The molecule has 0 unspecified atom stereocenters. The third-order valence-corrected chi connectivity index (χ3v) is 1.97. The number of hydrogen-bond acceptors (Lipinski definition) is 4. The summed E-state index contributed by atoms with van der Waals surface area (Å²) in [4.78, 5) is 23.4. The Bertz CT molecular complexity index is 265. The highest BCUT2D eigenvalue weighted by Gasteiger charge is 2.33. The molecular formula is C9H13NO5. The highest BCUT2D eigenvalue weighted by atomic mass is 16.6. The average Bonchev–Trinajstić information content (AvgIpc) is 2.25. The first-order chi connectivity index (χ1) is 7.16. The maximum Gasteiger partial charge on any atom is 0.410 e. The highest BCUT2D eigenvalue weighted by Crippen LogP contribution is 2.08. The van der Waals surface area contributed by atoms with Gasteiger partial charge in [0, 0.05) is 6.54 Å². The number of carbonyl (C=O) groups is 2. The number of hydrogen-bond donors (Lipinski definition) is 1. The van der Waals surface area contributed by atoms with Crippen molar-refractivity contribution < 1.29 is 24.2 Å². The first kappa shape index (κ1) is 11.5. The number of rotatable bonds is 3. The predicted octanol–water partition coefficient (Wildman–Crippen LogP) is 0.0944. The highest BCUT2D eigenvalue weighted by molar-refractivity contribution is 5.80. The fourth-order valence-corrected chi connectivity index (χ4v) is 1.24. The smallest absolute Gasteiger partial charge is 0.410 e. The van der Waals surface area contributed by atoms with E-state index >= 15 is 0 Å². The van der Waals surface area contributed by atoms with Gasteiger partial charge in [0.15, 0.2) is 6.04 Å². The first-order valence-corrected chi connectivity index (χ1v) is 4.51. The van der Waals surface area contributed by atoms with E-state index in [2.05, 4.69) is 6.58 Å². The topological polar surface area (TPSA) is 76.1 Å². The minimum Gasteiger partial charge on any atom is -0.480 e. The van der Waals surface area contributed by atoms with E-state index in [0.717, 1.165) is 4.90 Å². The lowest BCUT2D eigenvalue weighted by Crippen LogP contribution is -2.52. The third kappa shape index (κ3) is 2.95. The van der Waals surface area contributed by atoms with Crippen LogP contribution in [-0.2, 0) is 14.3 Å². The van der Waals surface area contributed by atoms with Crippen LogP contribution in [0.5, 0.6) is 0 Å². The van der Waals surface area contributed by atoms with Gasteiger partial charge in [0.05, 0.1) is 13.2 Å². The van der Waals surface area contributed by atoms with E-state index in [1.54, 1.807) is 0 Å². The van der Waals surface area contributed by atoms with Gasteiger partial charge in [0.2, 0.25) is 0 Å². The summed E-state index contributed by atoms with van der Waals surface area (Å²) in [6.07, 6.45) is 0.777. The summed E-state index contributed by atoms with van der Waals surface area (Å²) in [5.74, 6) is -1.09. The van der Waals surface area contributed by atoms with Crippen molar-refractivity contribution in [3.05, 3.63) is 12.7 Å². The summed E-state index contributed by atoms with van der Waals surface area (Å²) in [5, 5.41) is 8.83. The van der Waals surface area contributed by atoms with Gasteiger partial charge >= 0.3 is 12.1 Å². The molecule has 1 heterocycles. The van der Waals surface area contributed by atoms with Crippen LogP contribution in [0.25, 0.3) is 0 Å². The average molecular weight is 215 g/mol. The maximum atomic E-state index is 11.4. The van der Waals surface area contributed by atoms with Crippen LogP contribution < -0.4 is 0 Å². The van der Waals surface area contributed by atoms with E-state index in [-0.39, 0.29) is 19.8 Å². The molecule has 0 aromatic carbocycles. The summed E-state index contributed by atoms with van der Waals surface area (Å²) in [6, 6.07) is -0.962. The molecule has 15 heavy (non-hydrogen) atoms. The Hall–Kier alpha value is -1.56. The molecule has 0 aliphatic carbocycles. The molecular weight excluding hydrogens is 202 g/mol. The van der Waals surface area contributed by atoms with Gasteiger partial charge in [-0.2, -0.15) is 0 Å². The second kappa shape index (κ2) is 5.35. The van der Waals surface area contributed by atoms with E-state index in [0.29, 0.717) is 6.61 Å². The van der Waals surface area contributed by atoms with Crippen LogP contribution in [0.4, 0.5) is 4.79 Å². The molecule has 1 rings (SSSR count). The quantitative estimate of drug-likeness (QED) is 0.675. The molecule has 1 aliphatic heterocycles. The van der Waals surface area contributed by atoms with Crippen molar-refractivity contribution in [3.8, 4) is 0 Å². The van der Waals surface area contributed by atoms with Gasteiger partial charge in [-0.25, -0.2) is 9.59 Å². The van der Waals surface area contributed by atoms with Crippen LogP contribution in [-0.4, -0.2) is 54.5 Å². The number of aliphatic carboxylic acids is 1. The summed E-state index contributed by atoms with van der Waals surface area (Å²) in [7, 11) is 0. The zero-order valence-corrected chi connectivity index (χ0v) is 8.22. The van der Waals surface area contributed by atoms with Crippen LogP contribution in [0.2, 0.25) is 0 Å². The van der Waals surface area contributed by atoms with Crippen molar-refractivity contribution in [3.63, 3.8) is 0 Å². The number of ether oxygens (including phenoxy) is 2. The van der Waals surface area contributed by atoms with E-state index in [1.165, 1.54) is 6.08 Å². The zero-order valence-electron chi connectivity index (χ0n) is 8.22. The van der Waals surface area contributed by atoms with Gasteiger partial charge in [0.25, 0.3) is 0 Å². The number of nitrogens with zero attached hydrogens (tertiary/aromatic N) is 1. The molecule has 1 amide bonds. The van der Waals surface area contributed by atoms with Crippen LogP contribution >= 0.6 is 0 Å². The van der Waals surface area contributed by atoms with E-state index < -0.39 is 18.1 Å². The monoisotopic (exact) mass is 215 g/mol. The third-order valence-electron chi connectivity index (χ3n) is 1.97. The lowest BCUT2D eigenvalue weighted by atomic mass is 10.2. The number of amides is 1. The van der Waals surface area contributed by atoms with Crippen molar-refractivity contribution in [2.24, 2.45) is 0 Å². The SMILES string of the molecule is C=CCOC(=O)N1CCOC[C@@H]1C(=O)O. The molecule has 0 aromatic heterocycles. The van der Waals surface area contributed by atoms with Crippen molar-refractivity contribution in [2.45, 2.75) is 6.04 Å². The predicted molar refractivity (Wildman–Crippen MR) is 50.5 cm³/mol. The summed E-state index contributed by atoms with van der Waals surface area (Å²) in [6.45, 7) is 4.02. The van der Waals surface area contributed by atoms with Crippen LogP contribution in [0.3, 0.4) is 0 Å². The second-order valence-electron chi connectivity index (χ2n) is 2.99. The van der Waals surface area contributed by atoms with Crippen LogP contribution in [0.15, 0.2) is 12.7 Å². The van der Waals surface area contributed by atoms with Crippen LogP contribution in [0.1, 0.15) is 0 Å². The lowest BCUT2D eigenvalue weighted by molar-refractivity contribution is -0.148. The Balaban J connectivity index is 2.58. The molecule has 0 saturated carbocycles. The van der Waals surface area contributed by atoms with Gasteiger partial charge in [-0.15, -0.1) is 0 Å². The molecule has 1 saturated heterocycles. The van der Waals surface area contributed by atoms with Gasteiger partial charge in [0.1, 0.15) is 6.61 Å². The van der Waals surface area contributed by atoms with E-state index in [4.69, 9.17) is 14.6 Å². The largest absolute Gasteiger partial charge is 0.480 e. The van der Waals surface area contributed by atoms with Crippen molar-refractivity contribution in [1.82, 2.24) is 4.90 Å². The molecule has 1 N–H and O–H groups in total. The Morgan fingerprint density at radius 1 is 1.67 bits per heavy atom. The Morgan fingerprint density at radius 2 is 2.40 bits per heavy atom. The Morgan fingerprint density at radius 3 is 3.00 bits per heavy atom. The van der Waals surface area contributed by atoms with Gasteiger partial charge < -0.3 is 14.6 Å². The second-order valence-corrected chi connectivity index (χ2v) is 2.99. The molecule has 0 spiro atoms. The maximum absolute atomic E-state index is 11.4. The number of morpholine rings is 1. The normalized spacial score (nSPS) is 20.8. The number of carbonyl (C=O) groups excluding carboxylic acids is 1. The molecule has 0 aromatic rings. The molecule has 84 valence electrons. The van der Waals surface area contributed by atoms with Crippen molar-refractivity contribution in [1.29, 1.82) is 0 Å². The number of carboxylic acids is 1. The fourth-order valence-electron chi connectivity index (χ4n) is 1.24. The minimum atomic E-state index is -1.09. The minimum absolute atomic E-state index is 0.00147. The van der Waals surface area contributed by atoms with Crippen molar-refractivity contribution in [2.75, 3.05) is 26.4 Å². The molecule has 1 fully saturated rings. The van der Waals surface area contributed by atoms with Gasteiger partial charge in [-0.3, -0.25) is 4.90 Å². The van der Waals surface area contributed by atoms with Crippen LogP contribution in [0, 0.1) is 0 Å². The summed E-state index contributed by atoms with van der Waals surface area (Å²) in [5.41, 5.74) is 0. The molecule has 6 nitrogen and oxygen atoms in total. The Labute approximate surface area is 87.1 Å². The zero-order chi connectivity index (χ0) is 11.3. The van der Waals surface area contributed by atoms with E-state index in [1.807, 2.05) is 0 Å². The Kier molecular flexibility index (Phi) is 4.11. The van der Waals surface area contributed by atoms with Gasteiger partial charge in [-0.05, 0) is 0 Å². The summed E-state index contributed by atoms with van der Waals surface area (Å²) < 4.78 is 9.74. The molecule has 1 atom stereocenters. The van der Waals surface area contributed by atoms with E-state index in [9.17, 15) is 9.59 Å². The molecule has 0 bridgehead atoms. The molecule has 0 radical (unpaired) electrons. The van der Waals surface area contributed by atoms with Crippen molar-refractivity contribution >= 4 is 12.1 Å². The number of carboxylic acid groups (broad SMARTS) is 1. The lowest BCUT2D eigenvalue weighted by Gasteiger charge is -2.31. The van der Waals surface area contributed by atoms with Gasteiger partial charge in [-0.1, -0.05) is 12.7 Å². The molecule has 6 heteroatoms.